The van der Waals surface area contributed by atoms with Crippen LogP contribution in [0.4, 0.5) is 22.0 Å². The van der Waals surface area contributed by atoms with Crippen LogP contribution in [0.15, 0.2) is 23.1 Å². The minimum atomic E-state index is -4.88. The molecule has 0 amide bonds. The Kier molecular flexibility index (Phi) is 4.22. The molecule has 1 aromatic carbocycles. The highest BCUT2D eigenvalue weighted by atomic mass is 32.2. The minimum Gasteiger partial charge on any atom is -0.380 e. The molecule has 0 atom stereocenters. The molecule has 4 nitrogen and oxygen atoms in total. The van der Waals surface area contributed by atoms with E-state index in [9.17, 15) is 35.5 Å². The molecule has 1 N–H and O–H groups in total. The van der Waals surface area contributed by atoms with Crippen LogP contribution in [-0.2, 0) is 10.0 Å². The quantitative estimate of drug-likeness (QED) is 0.835. The lowest BCUT2D eigenvalue weighted by Gasteiger charge is -2.38. The number of hydrogen-bond donors (Lipinski definition) is 1. The molecule has 124 valence electrons. The normalized spacial score (nSPS) is 20.1. The summed E-state index contributed by atoms with van der Waals surface area (Å²) in [4.78, 5) is -0.940. The van der Waals surface area contributed by atoms with Crippen LogP contribution in [-0.4, -0.2) is 42.7 Å². The van der Waals surface area contributed by atoms with E-state index in [2.05, 4.69) is 0 Å². The second-order valence-electron chi connectivity index (χ2n) is 4.99. The van der Waals surface area contributed by atoms with Crippen LogP contribution < -0.4 is 0 Å². The Morgan fingerprint density at radius 3 is 2.18 bits per heavy atom. The smallest absolute Gasteiger partial charge is 0.380 e. The molecule has 0 bridgehead atoms. The first kappa shape index (κ1) is 17.1. The van der Waals surface area contributed by atoms with Crippen molar-refractivity contribution in [3.63, 3.8) is 0 Å². The summed E-state index contributed by atoms with van der Waals surface area (Å²) < 4.78 is 89.6. The molecular formula is C12H12F5NO3S. The summed E-state index contributed by atoms with van der Waals surface area (Å²) in [5, 5.41) is 9.48. The van der Waals surface area contributed by atoms with Gasteiger partial charge in [0.05, 0.1) is 0 Å². The molecule has 0 aromatic heterocycles. The van der Waals surface area contributed by atoms with Crippen molar-refractivity contribution in [3.05, 3.63) is 29.8 Å². The Hall–Kier alpha value is -1.26. The van der Waals surface area contributed by atoms with E-state index >= 15 is 0 Å². The van der Waals surface area contributed by atoms with Gasteiger partial charge in [-0.1, -0.05) is 6.07 Å². The highest BCUT2D eigenvalue weighted by molar-refractivity contribution is 7.89. The van der Waals surface area contributed by atoms with E-state index in [-0.39, 0.29) is 0 Å². The monoisotopic (exact) mass is 345 g/mol. The van der Waals surface area contributed by atoms with E-state index in [1.54, 1.807) is 0 Å². The Morgan fingerprint density at radius 1 is 1.14 bits per heavy atom. The van der Waals surface area contributed by atoms with Crippen molar-refractivity contribution in [2.24, 2.45) is 0 Å². The molecule has 1 aliphatic rings. The van der Waals surface area contributed by atoms with Gasteiger partial charge in [0.2, 0.25) is 10.0 Å². The number of halogens is 5. The van der Waals surface area contributed by atoms with Crippen LogP contribution in [0.3, 0.4) is 0 Å². The van der Waals surface area contributed by atoms with Crippen molar-refractivity contribution in [2.75, 3.05) is 13.1 Å². The second kappa shape index (κ2) is 5.43. The number of aliphatic hydroxyl groups is 1. The summed E-state index contributed by atoms with van der Waals surface area (Å²) in [6, 6.07) is 2.55. The zero-order valence-electron chi connectivity index (χ0n) is 11.1. The largest absolute Gasteiger partial charge is 0.417 e. The summed E-state index contributed by atoms with van der Waals surface area (Å²) in [5.74, 6) is -2.95. The van der Waals surface area contributed by atoms with E-state index in [4.69, 9.17) is 0 Å². The van der Waals surface area contributed by atoms with Crippen molar-refractivity contribution in [3.8, 4) is 0 Å². The molecule has 0 unspecified atom stereocenters. The predicted octanol–water partition coefficient (Wildman–Crippen LogP) is 2.04. The number of rotatable bonds is 2. The Labute approximate surface area is 123 Å². The maximum Gasteiger partial charge on any atom is 0.417 e. The zero-order valence-corrected chi connectivity index (χ0v) is 11.9. The average molecular weight is 345 g/mol. The van der Waals surface area contributed by atoms with Crippen molar-refractivity contribution < 1.29 is 35.5 Å². The summed E-state index contributed by atoms with van der Waals surface area (Å²) in [6.07, 6.45) is -6.62. The Bertz CT molecular complexity index is 666. The van der Waals surface area contributed by atoms with Crippen LogP contribution in [0.5, 0.6) is 0 Å². The highest BCUT2D eigenvalue weighted by Gasteiger charge is 2.55. The van der Waals surface area contributed by atoms with Crippen LogP contribution >= 0.6 is 0 Å². The van der Waals surface area contributed by atoms with Crippen molar-refractivity contribution in [1.29, 1.82) is 0 Å². The van der Waals surface area contributed by atoms with Gasteiger partial charge in [-0.15, -0.1) is 0 Å². The van der Waals surface area contributed by atoms with Gasteiger partial charge in [-0.05, 0) is 25.0 Å². The fraction of sp³-hybridized carbons (Fsp3) is 0.500. The Morgan fingerprint density at radius 2 is 1.68 bits per heavy atom. The minimum absolute atomic E-state index is 0.602. The predicted molar refractivity (Wildman–Crippen MR) is 65.4 cm³/mol. The standard InChI is InChI=1S/C12H12F5NO3S/c13-8-2-1-3-9(10(8)14)22(20,21)18-6-4-11(19,5-7-18)12(15,16)17/h1-3,19H,4-7H2. The first-order valence-electron chi connectivity index (χ1n) is 6.22. The molecule has 1 aliphatic heterocycles. The number of nitrogens with zero attached hydrogens (tertiary/aromatic N) is 1. The first-order chi connectivity index (χ1) is 9.99. The molecule has 0 saturated carbocycles. The molecule has 1 fully saturated rings. The third kappa shape index (κ3) is 2.82. The van der Waals surface area contributed by atoms with Gasteiger partial charge in [0.15, 0.2) is 17.2 Å². The third-order valence-corrected chi connectivity index (χ3v) is 5.53. The lowest BCUT2D eigenvalue weighted by atomic mass is 9.92. The van der Waals surface area contributed by atoms with Crippen LogP contribution in [0, 0.1) is 11.6 Å². The third-order valence-electron chi connectivity index (χ3n) is 3.61. The average Bonchev–Trinajstić information content (AvgIpc) is 2.41. The van der Waals surface area contributed by atoms with E-state index in [1.807, 2.05) is 0 Å². The van der Waals surface area contributed by atoms with Gasteiger partial charge in [-0.2, -0.15) is 17.5 Å². The topological polar surface area (TPSA) is 57.6 Å². The SMILES string of the molecule is O=S(=O)(c1cccc(F)c1F)N1CCC(O)(C(F)(F)F)CC1. The molecule has 22 heavy (non-hydrogen) atoms. The van der Waals surface area contributed by atoms with Crippen LogP contribution in [0.1, 0.15) is 12.8 Å². The van der Waals surface area contributed by atoms with Gasteiger partial charge in [0.25, 0.3) is 0 Å². The van der Waals surface area contributed by atoms with Crippen LogP contribution in [0.25, 0.3) is 0 Å². The van der Waals surface area contributed by atoms with Crippen molar-refractivity contribution in [2.45, 2.75) is 29.5 Å². The van der Waals surface area contributed by atoms with Crippen molar-refractivity contribution in [1.82, 2.24) is 4.31 Å². The molecule has 0 spiro atoms. The zero-order chi connectivity index (χ0) is 16.8. The van der Waals surface area contributed by atoms with Gasteiger partial charge in [0.1, 0.15) is 4.90 Å². The molecule has 1 heterocycles. The van der Waals surface area contributed by atoms with E-state index in [0.29, 0.717) is 4.31 Å². The molecule has 10 heteroatoms. The summed E-state index contributed by atoms with van der Waals surface area (Å²) in [5.41, 5.74) is -2.97. The van der Waals surface area contributed by atoms with Gasteiger partial charge in [0, 0.05) is 13.1 Å². The van der Waals surface area contributed by atoms with E-state index in [0.717, 1.165) is 18.2 Å². The van der Waals surface area contributed by atoms with Crippen LogP contribution in [0.2, 0.25) is 0 Å². The Balaban J connectivity index is 2.26. The van der Waals surface area contributed by atoms with Gasteiger partial charge in [-0.25, -0.2) is 17.2 Å². The fourth-order valence-electron chi connectivity index (χ4n) is 2.20. The number of piperidine rings is 1. The number of alkyl halides is 3. The lowest BCUT2D eigenvalue weighted by Crippen LogP contribution is -2.54. The molecule has 0 aliphatic carbocycles. The molecule has 0 radical (unpaired) electrons. The summed E-state index contributed by atoms with van der Waals surface area (Å²) >= 11 is 0. The molecule has 1 aromatic rings. The first-order valence-corrected chi connectivity index (χ1v) is 7.66. The molecular weight excluding hydrogens is 333 g/mol. The molecule has 2 rings (SSSR count). The van der Waals surface area contributed by atoms with E-state index < -0.39 is 64.3 Å². The summed E-state index contributed by atoms with van der Waals surface area (Å²) in [6.45, 7) is -1.29. The maximum atomic E-state index is 13.6. The highest BCUT2D eigenvalue weighted by Crippen LogP contribution is 2.39. The fourth-order valence-corrected chi connectivity index (χ4v) is 3.72. The number of benzene rings is 1. The van der Waals surface area contributed by atoms with Gasteiger partial charge >= 0.3 is 6.18 Å². The lowest BCUT2D eigenvalue weighted by molar-refractivity contribution is -0.270. The maximum absolute atomic E-state index is 13.6. The van der Waals surface area contributed by atoms with Crippen molar-refractivity contribution >= 4 is 10.0 Å². The molecule has 1 saturated heterocycles. The van der Waals surface area contributed by atoms with Gasteiger partial charge in [-0.3, -0.25) is 0 Å². The summed E-state index contributed by atoms with van der Waals surface area (Å²) in [7, 11) is -4.47. The number of sulfonamides is 1. The van der Waals surface area contributed by atoms with E-state index in [1.165, 1.54) is 0 Å². The second-order valence-corrected chi connectivity index (χ2v) is 6.89. The van der Waals surface area contributed by atoms with Gasteiger partial charge < -0.3 is 5.11 Å². The number of hydrogen-bond acceptors (Lipinski definition) is 3.